The van der Waals surface area contributed by atoms with Gasteiger partial charge in [0.1, 0.15) is 17.8 Å². The van der Waals surface area contributed by atoms with E-state index in [1.807, 2.05) is 6.92 Å². The fraction of sp³-hybridized carbons (Fsp3) is 0.867. The van der Waals surface area contributed by atoms with Crippen molar-refractivity contribution >= 4 is 11.8 Å². The number of carbonyl (C=O) groups excluding carboxylic acids is 2. The summed E-state index contributed by atoms with van der Waals surface area (Å²) in [4.78, 5) is 24.5. The average Bonchev–Trinajstić information content (AvgIpc) is 2.52. The maximum Gasteiger partial charge on any atom is 0.306 e. The number of aliphatic hydroxyl groups excluding tert-OH is 1. The highest BCUT2D eigenvalue weighted by molar-refractivity contribution is 5.91. The molecule has 6 heteroatoms. The lowest BCUT2D eigenvalue weighted by Gasteiger charge is -2.60. The first kappa shape index (κ1) is 14.9. The molecule has 1 heterocycles. The SMILES string of the molecule is CC1CC(O)[C@]2(O)[C@]13CC(=O)OC[C@@]2(C)[C@@](C)(O)C(=O)C3. The highest BCUT2D eigenvalue weighted by atomic mass is 16.5. The number of cyclic esters (lactones) is 1. The molecule has 2 aliphatic carbocycles. The van der Waals surface area contributed by atoms with Crippen LogP contribution in [0.3, 0.4) is 0 Å². The summed E-state index contributed by atoms with van der Waals surface area (Å²) in [6, 6.07) is 0. The van der Waals surface area contributed by atoms with Gasteiger partial charge in [-0.1, -0.05) is 13.8 Å². The molecule has 0 spiro atoms. The predicted octanol–water partition coefficient (Wildman–Crippen LogP) is -0.218. The summed E-state index contributed by atoms with van der Waals surface area (Å²) in [5, 5.41) is 32.7. The largest absolute Gasteiger partial charge is 0.465 e. The zero-order valence-electron chi connectivity index (χ0n) is 12.5. The van der Waals surface area contributed by atoms with E-state index >= 15 is 0 Å². The minimum atomic E-state index is -1.86. The van der Waals surface area contributed by atoms with E-state index in [9.17, 15) is 24.9 Å². The van der Waals surface area contributed by atoms with E-state index in [0.29, 0.717) is 6.42 Å². The Bertz CT molecular complexity index is 528. The number of hydrogen-bond donors (Lipinski definition) is 3. The molecule has 3 aliphatic rings. The van der Waals surface area contributed by atoms with Crippen LogP contribution in [0.5, 0.6) is 0 Å². The lowest BCUT2D eigenvalue weighted by atomic mass is 9.46. The van der Waals surface area contributed by atoms with Gasteiger partial charge in [0.2, 0.25) is 0 Å². The molecule has 2 saturated carbocycles. The third-order valence-corrected chi connectivity index (χ3v) is 6.68. The second kappa shape index (κ2) is 3.86. The summed E-state index contributed by atoms with van der Waals surface area (Å²) < 4.78 is 5.17. The Morgan fingerprint density at radius 3 is 2.43 bits per heavy atom. The van der Waals surface area contributed by atoms with E-state index in [1.54, 1.807) is 0 Å². The van der Waals surface area contributed by atoms with Crippen molar-refractivity contribution < 1.29 is 29.6 Å². The number of Topliss-reactive ketones (excluding diaryl/α,β-unsaturated/α-hetero) is 1. The van der Waals surface area contributed by atoms with E-state index < -0.39 is 39.9 Å². The number of ether oxygens (including phenoxy) is 1. The van der Waals surface area contributed by atoms with Gasteiger partial charge in [-0.3, -0.25) is 9.59 Å². The van der Waals surface area contributed by atoms with Gasteiger partial charge in [-0.15, -0.1) is 0 Å². The molecule has 6 nitrogen and oxygen atoms in total. The molecule has 2 unspecified atom stereocenters. The van der Waals surface area contributed by atoms with Crippen molar-refractivity contribution in [2.24, 2.45) is 16.7 Å². The van der Waals surface area contributed by atoms with Crippen molar-refractivity contribution in [3.63, 3.8) is 0 Å². The summed E-state index contributed by atoms with van der Waals surface area (Å²) in [7, 11) is 0. The highest BCUT2D eigenvalue weighted by Crippen LogP contribution is 2.68. The average molecular weight is 298 g/mol. The van der Waals surface area contributed by atoms with Crippen LogP contribution in [0.1, 0.15) is 40.0 Å². The smallest absolute Gasteiger partial charge is 0.306 e. The van der Waals surface area contributed by atoms with Gasteiger partial charge in [0.05, 0.1) is 17.9 Å². The van der Waals surface area contributed by atoms with Gasteiger partial charge >= 0.3 is 5.97 Å². The Morgan fingerprint density at radius 2 is 1.81 bits per heavy atom. The Hall–Kier alpha value is -0.980. The van der Waals surface area contributed by atoms with Crippen molar-refractivity contribution in [1.29, 1.82) is 0 Å². The van der Waals surface area contributed by atoms with Crippen molar-refractivity contribution in [1.82, 2.24) is 0 Å². The fourth-order valence-corrected chi connectivity index (χ4v) is 4.96. The van der Waals surface area contributed by atoms with Crippen LogP contribution in [0.2, 0.25) is 0 Å². The molecule has 0 radical (unpaired) electrons. The molecule has 2 bridgehead atoms. The summed E-state index contributed by atoms with van der Waals surface area (Å²) in [5.74, 6) is -1.12. The first-order chi connectivity index (χ1) is 9.53. The third kappa shape index (κ3) is 1.34. The molecule has 3 N–H and O–H groups in total. The Morgan fingerprint density at radius 1 is 1.19 bits per heavy atom. The number of rotatable bonds is 0. The van der Waals surface area contributed by atoms with Crippen LogP contribution in [0, 0.1) is 16.7 Å². The molecule has 21 heavy (non-hydrogen) atoms. The van der Waals surface area contributed by atoms with Crippen molar-refractivity contribution in [3.05, 3.63) is 0 Å². The van der Waals surface area contributed by atoms with Gasteiger partial charge in [0.25, 0.3) is 0 Å². The molecular weight excluding hydrogens is 276 g/mol. The molecule has 0 aromatic rings. The molecule has 0 aromatic carbocycles. The summed E-state index contributed by atoms with van der Waals surface area (Å²) in [6.07, 6.45) is -1.05. The van der Waals surface area contributed by atoms with E-state index in [2.05, 4.69) is 0 Å². The van der Waals surface area contributed by atoms with Gasteiger partial charge in [0, 0.05) is 11.8 Å². The normalized spacial score (nSPS) is 56.7. The predicted molar refractivity (Wildman–Crippen MR) is 71.1 cm³/mol. The molecule has 3 fully saturated rings. The first-order valence-electron chi connectivity index (χ1n) is 7.35. The standard InChI is InChI=1S/C15H22O6/c1-8-4-9(16)15(20)12(2)7-21-11(18)6-14(8,15)5-10(17)13(12,3)19/h8-9,16,19-20H,4-7H2,1-3H3/t8?,9?,12-,13-,14+,15+/m0/s1. The second-order valence-corrected chi connectivity index (χ2v) is 7.42. The lowest BCUT2D eigenvalue weighted by Crippen LogP contribution is -2.75. The van der Waals surface area contributed by atoms with Gasteiger partial charge in [-0.2, -0.15) is 0 Å². The lowest BCUT2D eigenvalue weighted by molar-refractivity contribution is -0.272. The monoisotopic (exact) mass is 298 g/mol. The summed E-state index contributed by atoms with van der Waals surface area (Å²) in [6.45, 7) is 4.41. The van der Waals surface area contributed by atoms with Crippen molar-refractivity contribution in [2.45, 2.75) is 57.3 Å². The Labute approximate surface area is 123 Å². The van der Waals surface area contributed by atoms with Gasteiger partial charge in [-0.05, 0) is 19.3 Å². The Balaban J connectivity index is 2.32. The van der Waals surface area contributed by atoms with Gasteiger partial charge in [-0.25, -0.2) is 0 Å². The molecule has 1 saturated heterocycles. The van der Waals surface area contributed by atoms with E-state index in [-0.39, 0.29) is 25.4 Å². The van der Waals surface area contributed by atoms with E-state index in [4.69, 9.17) is 4.74 Å². The maximum absolute atomic E-state index is 12.5. The van der Waals surface area contributed by atoms with Gasteiger partial charge < -0.3 is 20.1 Å². The van der Waals surface area contributed by atoms with Crippen molar-refractivity contribution in [2.75, 3.05) is 6.61 Å². The molecule has 3 rings (SSSR count). The number of aliphatic hydroxyl groups is 3. The second-order valence-electron chi connectivity index (χ2n) is 7.42. The molecule has 1 aliphatic heterocycles. The molecule has 118 valence electrons. The van der Waals surface area contributed by atoms with E-state index in [0.717, 1.165) is 0 Å². The fourth-order valence-electron chi connectivity index (χ4n) is 4.96. The topological polar surface area (TPSA) is 104 Å². The minimum absolute atomic E-state index is 0.112. The van der Waals surface area contributed by atoms with Gasteiger partial charge in [0.15, 0.2) is 5.78 Å². The zero-order chi connectivity index (χ0) is 15.8. The summed E-state index contributed by atoms with van der Waals surface area (Å²) >= 11 is 0. The summed E-state index contributed by atoms with van der Waals surface area (Å²) in [5.41, 5.74) is -6.11. The zero-order valence-corrected chi connectivity index (χ0v) is 12.5. The number of ketones is 1. The highest BCUT2D eigenvalue weighted by Gasteiger charge is 2.80. The third-order valence-electron chi connectivity index (χ3n) is 6.68. The molecule has 6 atom stereocenters. The van der Waals surface area contributed by atoms with Crippen LogP contribution in [-0.4, -0.2) is 51.0 Å². The van der Waals surface area contributed by atoms with Crippen LogP contribution in [0.25, 0.3) is 0 Å². The first-order valence-corrected chi connectivity index (χ1v) is 7.35. The van der Waals surface area contributed by atoms with Crippen LogP contribution in [-0.2, 0) is 14.3 Å². The molecule has 0 aromatic heterocycles. The quantitative estimate of drug-likeness (QED) is 0.534. The Kier molecular flexibility index (Phi) is 2.74. The van der Waals surface area contributed by atoms with Crippen molar-refractivity contribution in [3.8, 4) is 0 Å². The van der Waals surface area contributed by atoms with Crippen LogP contribution < -0.4 is 0 Å². The maximum atomic E-state index is 12.5. The number of carbonyl (C=O) groups is 2. The van der Waals surface area contributed by atoms with Crippen LogP contribution >= 0.6 is 0 Å². The molecular formula is C15H22O6. The number of hydrogen-bond acceptors (Lipinski definition) is 6. The number of esters is 1. The van der Waals surface area contributed by atoms with Crippen LogP contribution in [0.4, 0.5) is 0 Å². The van der Waals surface area contributed by atoms with E-state index in [1.165, 1.54) is 13.8 Å². The minimum Gasteiger partial charge on any atom is -0.465 e. The molecule has 0 amide bonds. The van der Waals surface area contributed by atoms with Crippen LogP contribution in [0.15, 0.2) is 0 Å².